The van der Waals surface area contributed by atoms with E-state index in [0.29, 0.717) is 36.3 Å². The van der Waals surface area contributed by atoms with Crippen molar-refractivity contribution >= 4 is 16.0 Å². The maximum atomic E-state index is 13.4. The van der Waals surface area contributed by atoms with E-state index in [0.717, 1.165) is 12.1 Å². The number of nitrogens with one attached hydrogen (secondary N) is 1. The van der Waals surface area contributed by atoms with Crippen LogP contribution in [0.1, 0.15) is 35.4 Å². The molecule has 0 aliphatic carbocycles. The highest BCUT2D eigenvalue weighted by Gasteiger charge is 2.33. The Bertz CT molecular complexity index is 1300. The first-order chi connectivity index (χ1) is 17.2. The lowest BCUT2D eigenvalue weighted by Crippen LogP contribution is -2.19. The van der Waals surface area contributed by atoms with Crippen LogP contribution in [0, 0.1) is 0 Å². The summed E-state index contributed by atoms with van der Waals surface area (Å²) in [6.07, 6.45) is -0.713. The third kappa shape index (κ3) is 5.88. The van der Waals surface area contributed by atoms with Gasteiger partial charge in [0.2, 0.25) is 5.95 Å². The summed E-state index contributed by atoms with van der Waals surface area (Å²) >= 11 is 0. The number of nitrogens with zero attached hydrogens (tertiary/aromatic N) is 2. The van der Waals surface area contributed by atoms with Crippen molar-refractivity contribution in [1.82, 2.24) is 9.97 Å². The van der Waals surface area contributed by atoms with Gasteiger partial charge in [-0.15, -0.1) is 0 Å². The van der Waals surface area contributed by atoms with Gasteiger partial charge in [-0.3, -0.25) is 0 Å². The SMILES string of the molecule is COCCCOc1cc(C(F)(F)F)ccc1[C@@H]1CCOc2cc(S(=O)(=O)Nc3ncccn3)ccc21. The molecule has 0 spiro atoms. The number of anilines is 1. The molecule has 192 valence electrons. The van der Waals surface area contributed by atoms with Crippen molar-refractivity contribution in [2.45, 2.75) is 29.8 Å². The zero-order valence-electron chi connectivity index (χ0n) is 19.3. The van der Waals surface area contributed by atoms with Crippen molar-refractivity contribution in [2.24, 2.45) is 0 Å². The Labute approximate surface area is 206 Å². The lowest BCUT2D eigenvalue weighted by Gasteiger charge is -2.28. The van der Waals surface area contributed by atoms with E-state index in [1.807, 2.05) is 0 Å². The van der Waals surface area contributed by atoms with E-state index >= 15 is 0 Å². The molecule has 1 aliphatic rings. The van der Waals surface area contributed by atoms with Gasteiger partial charge >= 0.3 is 6.18 Å². The molecule has 8 nitrogen and oxygen atoms in total. The molecule has 1 aliphatic heterocycles. The molecule has 0 radical (unpaired) electrons. The second-order valence-electron chi connectivity index (χ2n) is 8.01. The van der Waals surface area contributed by atoms with Crippen molar-refractivity contribution in [3.8, 4) is 11.5 Å². The fourth-order valence-electron chi connectivity index (χ4n) is 3.90. The summed E-state index contributed by atoms with van der Waals surface area (Å²) in [4.78, 5) is 7.67. The number of aromatic nitrogens is 2. The van der Waals surface area contributed by atoms with Gasteiger partial charge in [0, 0.05) is 55.6 Å². The lowest BCUT2D eigenvalue weighted by molar-refractivity contribution is -0.137. The standard InChI is InChI=1S/C24H24F3N3O5S/c1-33-11-3-12-34-21-14-16(24(25,26)27)4-6-19(21)18-8-13-35-22-15-17(5-7-20(18)22)36(31,32)30-23-28-9-2-10-29-23/h2,4-7,9-10,14-15,18H,3,8,11-13H2,1H3,(H,28,29,30)/t18-/m0/s1. The minimum absolute atomic E-state index is 0.0576. The number of halogens is 3. The highest BCUT2D eigenvalue weighted by Crippen LogP contribution is 2.44. The van der Waals surface area contributed by atoms with Gasteiger partial charge in [-0.1, -0.05) is 12.1 Å². The van der Waals surface area contributed by atoms with E-state index in [-0.39, 0.29) is 35.7 Å². The maximum absolute atomic E-state index is 13.4. The van der Waals surface area contributed by atoms with Gasteiger partial charge < -0.3 is 14.2 Å². The van der Waals surface area contributed by atoms with Crippen LogP contribution in [0.15, 0.2) is 59.8 Å². The molecule has 0 saturated heterocycles. The molecule has 0 unspecified atom stereocenters. The second kappa shape index (κ2) is 10.7. The highest BCUT2D eigenvalue weighted by atomic mass is 32.2. The fourth-order valence-corrected chi connectivity index (χ4v) is 4.87. The van der Waals surface area contributed by atoms with E-state index in [1.54, 1.807) is 12.1 Å². The first kappa shape index (κ1) is 25.7. The van der Waals surface area contributed by atoms with Crippen molar-refractivity contribution in [2.75, 3.05) is 31.7 Å². The Morgan fingerprint density at radius 3 is 2.56 bits per heavy atom. The fraction of sp³-hybridized carbons (Fsp3) is 0.333. The van der Waals surface area contributed by atoms with Gasteiger partial charge in [0.1, 0.15) is 11.5 Å². The third-order valence-corrected chi connectivity index (χ3v) is 6.92. The Hall–Kier alpha value is -3.38. The van der Waals surface area contributed by atoms with Gasteiger partial charge in [0.25, 0.3) is 10.0 Å². The van der Waals surface area contributed by atoms with Crippen molar-refractivity contribution in [3.63, 3.8) is 0 Å². The number of hydrogen-bond donors (Lipinski definition) is 1. The molecule has 36 heavy (non-hydrogen) atoms. The van der Waals surface area contributed by atoms with Gasteiger partial charge in [0.15, 0.2) is 0 Å². The van der Waals surface area contributed by atoms with Crippen molar-refractivity contribution in [1.29, 1.82) is 0 Å². The molecule has 1 N–H and O–H groups in total. The van der Waals surface area contributed by atoms with Crippen molar-refractivity contribution < 1.29 is 35.8 Å². The Kier molecular flexibility index (Phi) is 7.65. The number of alkyl halides is 3. The summed E-state index contributed by atoms with van der Waals surface area (Å²) in [5.41, 5.74) is 0.407. The molecule has 12 heteroatoms. The molecule has 1 aromatic heterocycles. The van der Waals surface area contributed by atoms with Crippen LogP contribution in [0.2, 0.25) is 0 Å². The summed E-state index contributed by atoms with van der Waals surface area (Å²) < 4.78 is 84.5. The average molecular weight is 524 g/mol. The highest BCUT2D eigenvalue weighted by molar-refractivity contribution is 7.92. The molecule has 2 aromatic carbocycles. The lowest BCUT2D eigenvalue weighted by atomic mass is 9.85. The van der Waals surface area contributed by atoms with Crippen LogP contribution >= 0.6 is 0 Å². The first-order valence-electron chi connectivity index (χ1n) is 11.1. The van der Waals surface area contributed by atoms with E-state index in [9.17, 15) is 21.6 Å². The minimum Gasteiger partial charge on any atom is -0.493 e. The topological polar surface area (TPSA) is 99.6 Å². The van der Waals surface area contributed by atoms with Gasteiger partial charge in [-0.2, -0.15) is 13.2 Å². The van der Waals surface area contributed by atoms with Crippen LogP contribution in [-0.2, 0) is 20.9 Å². The number of ether oxygens (including phenoxy) is 3. The third-order valence-electron chi connectivity index (χ3n) is 5.59. The maximum Gasteiger partial charge on any atom is 0.416 e. The Morgan fingerprint density at radius 1 is 1.08 bits per heavy atom. The summed E-state index contributed by atoms with van der Waals surface area (Å²) in [6, 6.07) is 9.39. The number of rotatable bonds is 9. The average Bonchev–Trinajstić information content (AvgIpc) is 2.85. The normalized spacial score (nSPS) is 15.6. The number of hydrogen-bond acceptors (Lipinski definition) is 7. The molecule has 0 fully saturated rings. The molecule has 2 heterocycles. The molecule has 0 saturated carbocycles. The smallest absolute Gasteiger partial charge is 0.416 e. The van der Waals surface area contributed by atoms with Crippen LogP contribution in [0.3, 0.4) is 0 Å². The van der Waals surface area contributed by atoms with Crippen LogP contribution in [0.4, 0.5) is 19.1 Å². The van der Waals surface area contributed by atoms with E-state index < -0.39 is 21.8 Å². The van der Waals surface area contributed by atoms with E-state index in [4.69, 9.17) is 14.2 Å². The number of sulfonamides is 1. The summed E-state index contributed by atoms with van der Waals surface area (Å²) in [5.74, 6) is 0.0244. The largest absolute Gasteiger partial charge is 0.493 e. The van der Waals surface area contributed by atoms with Crippen LogP contribution < -0.4 is 14.2 Å². The number of benzene rings is 2. The quantitative estimate of drug-likeness (QED) is 0.409. The van der Waals surface area contributed by atoms with E-state index in [2.05, 4.69) is 14.7 Å². The first-order valence-corrected chi connectivity index (χ1v) is 12.6. The van der Waals surface area contributed by atoms with Gasteiger partial charge in [0.05, 0.1) is 23.7 Å². The monoisotopic (exact) mass is 523 g/mol. The predicted molar refractivity (Wildman–Crippen MR) is 125 cm³/mol. The summed E-state index contributed by atoms with van der Waals surface area (Å²) in [6.45, 7) is 0.844. The molecule has 3 aromatic rings. The van der Waals surface area contributed by atoms with E-state index in [1.165, 1.54) is 37.7 Å². The van der Waals surface area contributed by atoms with Crippen molar-refractivity contribution in [3.05, 3.63) is 71.5 Å². The number of fused-ring (bicyclic) bond motifs is 1. The molecule has 4 rings (SSSR count). The second-order valence-corrected chi connectivity index (χ2v) is 9.69. The molecular formula is C24H24F3N3O5S. The molecule has 0 bridgehead atoms. The Balaban J connectivity index is 1.66. The molecule has 1 atom stereocenters. The van der Waals surface area contributed by atoms with Crippen LogP contribution in [-0.4, -0.2) is 45.3 Å². The van der Waals surface area contributed by atoms with Crippen LogP contribution in [0.5, 0.6) is 11.5 Å². The molecular weight excluding hydrogens is 499 g/mol. The summed E-state index contributed by atoms with van der Waals surface area (Å²) in [7, 11) is -2.46. The van der Waals surface area contributed by atoms with Gasteiger partial charge in [-0.25, -0.2) is 23.1 Å². The summed E-state index contributed by atoms with van der Waals surface area (Å²) in [5, 5.41) is 0. The van der Waals surface area contributed by atoms with Crippen LogP contribution in [0.25, 0.3) is 0 Å². The zero-order valence-corrected chi connectivity index (χ0v) is 20.1. The Morgan fingerprint density at radius 2 is 1.83 bits per heavy atom. The minimum atomic E-state index is -4.52. The predicted octanol–water partition coefficient (Wildman–Crippen LogP) is 4.63. The van der Waals surface area contributed by atoms with Gasteiger partial charge in [-0.05, 0) is 30.7 Å². The number of methoxy groups -OCH3 is 1. The zero-order chi connectivity index (χ0) is 25.8. The molecule has 0 amide bonds.